The molecule has 0 aromatic heterocycles. The molecule has 0 aromatic rings. The zero-order valence-electron chi connectivity index (χ0n) is 9.05. The van der Waals surface area contributed by atoms with E-state index in [1.807, 2.05) is 0 Å². The van der Waals surface area contributed by atoms with Crippen LogP contribution in [-0.2, 0) is 0 Å². The Morgan fingerprint density at radius 3 is 1.71 bits per heavy atom. The predicted molar refractivity (Wildman–Crippen MR) is 62.2 cm³/mol. The van der Waals surface area contributed by atoms with Crippen LogP contribution in [0.2, 0.25) is 0 Å². The van der Waals surface area contributed by atoms with Crippen molar-refractivity contribution in [1.29, 1.82) is 0 Å². The van der Waals surface area contributed by atoms with Crippen LogP contribution in [0.4, 0.5) is 0 Å². The molecule has 0 amide bonds. The second kappa shape index (κ2) is 3.25. The maximum absolute atomic E-state index is 2.58. The van der Waals surface area contributed by atoms with Crippen LogP contribution in [0.25, 0.3) is 0 Å². The van der Waals surface area contributed by atoms with Crippen LogP contribution in [0.1, 0.15) is 59.8 Å². The minimum absolute atomic E-state index is 0. The Kier molecular flexibility index (Phi) is 2.44. The van der Waals surface area contributed by atoms with Gasteiger partial charge in [0.2, 0.25) is 0 Å². The quantitative estimate of drug-likeness (QED) is 0.577. The zero-order chi connectivity index (χ0) is 9.05. The minimum Gasteiger partial charge on any atom is -0.0776 e. The van der Waals surface area contributed by atoms with Gasteiger partial charge in [-0.1, -0.05) is 27.7 Å². The summed E-state index contributed by atoms with van der Waals surface area (Å²) in [5, 5.41) is 0. The predicted octanol–water partition coefficient (Wildman–Crippen LogP) is 4.49. The van der Waals surface area contributed by atoms with Gasteiger partial charge in [-0.2, -0.15) is 0 Å². The van der Waals surface area contributed by atoms with Gasteiger partial charge in [0.25, 0.3) is 0 Å². The highest BCUT2D eigenvalue weighted by molar-refractivity contribution is 5.03. The molecule has 0 aliphatic heterocycles. The molecule has 0 radical (unpaired) electrons. The summed E-state index contributed by atoms with van der Waals surface area (Å²) in [6.07, 6.45) is 9.35. The van der Waals surface area contributed by atoms with E-state index >= 15 is 0 Å². The number of hydrogen-bond donors (Lipinski definition) is 0. The lowest BCUT2D eigenvalue weighted by Crippen LogP contribution is -2.51. The largest absolute Gasteiger partial charge is 0.0776 e. The topological polar surface area (TPSA) is 0 Å². The molecule has 0 aromatic carbocycles. The van der Waals surface area contributed by atoms with Crippen LogP contribution in [-0.4, -0.2) is 0 Å². The van der Waals surface area contributed by atoms with E-state index in [9.17, 15) is 0 Å². The maximum Gasteiger partial charge on any atom is -0.0271 e. The zero-order valence-corrected chi connectivity index (χ0v) is 9.05. The molecule has 0 N–H and O–H groups in total. The fourth-order valence-corrected chi connectivity index (χ4v) is 4.84. The molecular formula is C14H26. The van der Waals surface area contributed by atoms with Gasteiger partial charge in [0, 0.05) is 0 Å². The Hall–Kier alpha value is 0. The van der Waals surface area contributed by atoms with Crippen molar-refractivity contribution < 1.29 is 0 Å². The Labute approximate surface area is 89.5 Å². The molecule has 0 atom stereocenters. The van der Waals surface area contributed by atoms with Crippen molar-refractivity contribution in [1.82, 2.24) is 0 Å². The summed E-state index contributed by atoms with van der Waals surface area (Å²) >= 11 is 0. The van der Waals surface area contributed by atoms with Crippen LogP contribution >= 0.6 is 0 Å². The smallest absolute Gasteiger partial charge is 0.0271 e. The third-order valence-corrected chi connectivity index (χ3v) is 5.77. The van der Waals surface area contributed by atoms with Crippen molar-refractivity contribution in [2.45, 2.75) is 59.8 Å². The molecule has 0 saturated heterocycles. The second-order valence-corrected chi connectivity index (χ2v) is 6.16. The van der Waals surface area contributed by atoms with E-state index in [0.717, 1.165) is 29.1 Å². The minimum atomic E-state index is 0. The SMILES string of the molecule is C.CCC1(C)C2CC3CC(C2)CC1C3. The van der Waals surface area contributed by atoms with Crippen molar-refractivity contribution in [3.8, 4) is 0 Å². The van der Waals surface area contributed by atoms with Gasteiger partial charge in [-0.15, -0.1) is 0 Å². The van der Waals surface area contributed by atoms with Gasteiger partial charge in [-0.25, -0.2) is 0 Å². The Morgan fingerprint density at radius 2 is 1.36 bits per heavy atom. The van der Waals surface area contributed by atoms with Crippen LogP contribution in [0.15, 0.2) is 0 Å². The van der Waals surface area contributed by atoms with E-state index in [0.29, 0.717) is 0 Å². The first-order valence-electron chi connectivity index (χ1n) is 6.22. The third kappa shape index (κ3) is 1.19. The van der Waals surface area contributed by atoms with Crippen molar-refractivity contribution in [2.24, 2.45) is 29.1 Å². The first-order chi connectivity index (χ1) is 6.22. The molecule has 4 rings (SSSR count). The molecule has 14 heavy (non-hydrogen) atoms. The highest BCUT2D eigenvalue weighted by Gasteiger charge is 2.53. The third-order valence-electron chi connectivity index (χ3n) is 5.77. The summed E-state index contributed by atoms with van der Waals surface area (Å²) in [5.41, 5.74) is 0.743. The van der Waals surface area contributed by atoms with Gasteiger partial charge in [-0.3, -0.25) is 0 Å². The summed E-state index contributed by atoms with van der Waals surface area (Å²) in [5.74, 6) is 4.49. The van der Waals surface area contributed by atoms with E-state index in [1.165, 1.54) is 6.42 Å². The normalized spacial score (nSPS) is 54.4. The van der Waals surface area contributed by atoms with Gasteiger partial charge in [0.05, 0.1) is 0 Å². The molecule has 4 aliphatic rings. The lowest BCUT2D eigenvalue weighted by molar-refractivity contribution is -0.1000. The first-order valence-corrected chi connectivity index (χ1v) is 6.22. The van der Waals surface area contributed by atoms with E-state index in [-0.39, 0.29) is 7.43 Å². The molecule has 4 saturated carbocycles. The molecule has 0 heterocycles. The van der Waals surface area contributed by atoms with Crippen LogP contribution in [0.3, 0.4) is 0 Å². The van der Waals surface area contributed by atoms with E-state index < -0.39 is 0 Å². The van der Waals surface area contributed by atoms with Crippen molar-refractivity contribution >= 4 is 0 Å². The maximum atomic E-state index is 2.58. The molecule has 0 nitrogen and oxygen atoms in total. The molecule has 4 bridgehead atoms. The lowest BCUT2D eigenvalue weighted by atomic mass is 9.45. The highest BCUT2D eigenvalue weighted by atomic mass is 14.6. The number of rotatable bonds is 1. The second-order valence-electron chi connectivity index (χ2n) is 6.16. The fraction of sp³-hybridized carbons (Fsp3) is 1.00. The standard InChI is InChI=1S/C13H22.CH4/c1-3-13(2)11-5-9-4-10(7-11)8-12(13)6-9;/h9-12H,3-8H2,1-2H3;1H4. The van der Waals surface area contributed by atoms with Crippen LogP contribution in [0, 0.1) is 29.1 Å². The Morgan fingerprint density at radius 1 is 0.929 bits per heavy atom. The molecule has 82 valence electrons. The molecule has 4 aliphatic carbocycles. The molecular weight excluding hydrogens is 168 g/mol. The van der Waals surface area contributed by atoms with E-state index in [2.05, 4.69) is 13.8 Å². The average Bonchev–Trinajstić information content (AvgIpc) is 2.13. The summed E-state index contributed by atoms with van der Waals surface area (Å²) in [6, 6.07) is 0. The summed E-state index contributed by atoms with van der Waals surface area (Å²) in [4.78, 5) is 0. The summed E-state index contributed by atoms with van der Waals surface area (Å²) < 4.78 is 0. The first kappa shape index (κ1) is 10.5. The van der Waals surface area contributed by atoms with Crippen molar-refractivity contribution in [3.63, 3.8) is 0 Å². The summed E-state index contributed by atoms with van der Waals surface area (Å²) in [6.45, 7) is 5.00. The highest BCUT2D eigenvalue weighted by Crippen LogP contribution is 2.63. The van der Waals surface area contributed by atoms with E-state index in [1.54, 1.807) is 32.1 Å². The van der Waals surface area contributed by atoms with Gasteiger partial charge in [0.15, 0.2) is 0 Å². The van der Waals surface area contributed by atoms with Crippen molar-refractivity contribution in [3.05, 3.63) is 0 Å². The van der Waals surface area contributed by atoms with Crippen molar-refractivity contribution in [2.75, 3.05) is 0 Å². The Bertz CT molecular complexity index is 188. The van der Waals surface area contributed by atoms with Crippen LogP contribution < -0.4 is 0 Å². The summed E-state index contributed by atoms with van der Waals surface area (Å²) in [7, 11) is 0. The molecule has 0 unspecified atom stereocenters. The molecule has 0 heteroatoms. The van der Waals surface area contributed by atoms with Gasteiger partial charge >= 0.3 is 0 Å². The molecule has 4 fully saturated rings. The number of hydrogen-bond acceptors (Lipinski definition) is 0. The molecule has 0 spiro atoms. The Balaban J connectivity index is 0.000000750. The lowest BCUT2D eigenvalue weighted by Gasteiger charge is -2.60. The van der Waals surface area contributed by atoms with Gasteiger partial charge in [0.1, 0.15) is 0 Å². The van der Waals surface area contributed by atoms with Gasteiger partial charge < -0.3 is 0 Å². The average molecular weight is 194 g/mol. The fourth-order valence-electron chi connectivity index (χ4n) is 4.84. The van der Waals surface area contributed by atoms with E-state index in [4.69, 9.17) is 0 Å². The monoisotopic (exact) mass is 194 g/mol. The van der Waals surface area contributed by atoms with Crippen LogP contribution in [0.5, 0.6) is 0 Å². The van der Waals surface area contributed by atoms with Gasteiger partial charge in [-0.05, 0) is 61.2 Å².